The van der Waals surface area contributed by atoms with Gasteiger partial charge in [0.1, 0.15) is 5.75 Å². The van der Waals surface area contributed by atoms with E-state index in [2.05, 4.69) is 47.5 Å². The standard InChI is InChI=1S/C22H28N2O2/c1-5-23-19-8-6-7-9-20(19)24-13-12-16-14-18(11-10-17(16)15-24)26-21(25)22(2,3)4/h6-11,14,23H,5,12-13,15H2,1-4H3. The van der Waals surface area contributed by atoms with Gasteiger partial charge in [-0.1, -0.05) is 18.2 Å². The van der Waals surface area contributed by atoms with Crippen molar-refractivity contribution >= 4 is 17.3 Å². The maximum absolute atomic E-state index is 12.1. The van der Waals surface area contributed by atoms with E-state index in [0.29, 0.717) is 5.75 Å². The summed E-state index contributed by atoms with van der Waals surface area (Å²) in [5, 5.41) is 3.44. The highest BCUT2D eigenvalue weighted by Crippen LogP contribution is 2.32. The molecule has 1 aliphatic rings. The van der Waals surface area contributed by atoms with Gasteiger partial charge in [-0.15, -0.1) is 0 Å². The van der Waals surface area contributed by atoms with Gasteiger partial charge in [0.05, 0.1) is 16.8 Å². The first kappa shape index (κ1) is 18.3. The Kier molecular flexibility index (Phi) is 5.21. The third-order valence-electron chi connectivity index (χ3n) is 4.62. The monoisotopic (exact) mass is 352 g/mol. The summed E-state index contributed by atoms with van der Waals surface area (Å²) >= 11 is 0. The number of fused-ring (bicyclic) bond motifs is 1. The van der Waals surface area contributed by atoms with Crippen LogP contribution in [0.15, 0.2) is 42.5 Å². The Bertz CT molecular complexity index is 793. The summed E-state index contributed by atoms with van der Waals surface area (Å²) in [4.78, 5) is 14.5. The second-order valence-corrected chi connectivity index (χ2v) is 7.79. The largest absolute Gasteiger partial charge is 0.426 e. The van der Waals surface area contributed by atoms with Crippen LogP contribution in [0.25, 0.3) is 0 Å². The molecule has 4 nitrogen and oxygen atoms in total. The van der Waals surface area contributed by atoms with E-state index in [9.17, 15) is 4.79 Å². The Hall–Kier alpha value is -2.49. The maximum atomic E-state index is 12.1. The Balaban J connectivity index is 1.77. The highest BCUT2D eigenvalue weighted by atomic mass is 16.5. The van der Waals surface area contributed by atoms with Crippen LogP contribution in [0, 0.1) is 5.41 Å². The summed E-state index contributed by atoms with van der Waals surface area (Å²) in [6.45, 7) is 10.4. The molecule has 1 aliphatic heterocycles. The minimum atomic E-state index is -0.497. The third-order valence-corrected chi connectivity index (χ3v) is 4.62. The zero-order valence-electron chi connectivity index (χ0n) is 16.1. The van der Waals surface area contributed by atoms with E-state index in [4.69, 9.17) is 4.74 Å². The fourth-order valence-electron chi connectivity index (χ4n) is 3.15. The molecule has 26 heavy (non-hydrogen) atoms. The van der Waals surface area contributed by atoms with Crippen molar-refractivity contribution in [3.05, 3.63) is 53.6 Å². The molecule has 0 bridgehead atoms. The zero-order chi connectivity index (χ0) is 18.7. The number of hydrogen-bond acceptors (Lipinski definition) is 4. The number of rotatable bonds is 4. The van der Waals surface area contributed by atoms with Crippen LogP contribution in [0.1, 0.15) is 38.8 Å². The lowest BCUT2D eigenvalue weighted by atomic mass is 9.97. The molecule has 0 aromatic heterocycles. The molecule has 0 unspecified atom stereocenters. The first-order chi connectivity index (χ1) is 12.4. The first-order valence-electron chi connectivity index (χ1n) is 9.30. The number of para-hydroxylation sites is 2. The van der Waals surface area contributed by atoms with E-state index >= 15 is 0 Å². The molecule has 0 atom stereocenters. The number of hydrogen-bond donors (Lipinski definition) is 1. The van der Waals surface area contributed by atoms with E-state index in [1.165, 1.54) is 22.5 Å². The molecule has 0 saturated carbocycles. The van der Waals surface area contributed by atoms with E-state index in [0.717, 1.165) is 26.1 Å². The Labute approximate surface area is 156 Å². The van der Waals surface area contributed by atoms with Crippen molar-refractivity contribution in [2.75, 3.05) is 23.3 Å². The van der Waals surface area contributed by atoms with Crippen LogP contribution < -0.4 is 15.0 Å². The number of carbonyl (C=O) groups is 1. The van der Waals surface area contributed by atoms with Gasteiger partial charge < -0.3 is 15.0 Å². The highest BCUT2D eigenvalue weighted by Gasteiger charge is 2.25. The SMILES string of the molecule is CCNc1ccccc1N1CCc2cc(OC(=O)C(C)(C)C)ccc2C1. The maximum Gasteiger partial charge on any atom is 0.316 e. The third kappa shape index (κ3) is 4.01. The van der Waals surface area contributed by atoms with Crippen molar-refractivity contribution in [2.24, 2.45) is 5.41 Å². The lowest BCUT2D eigenvalue weighted by molar-refractivity contribution is -0.143. The summed E-state index contributed by atoms with van der Waals surface area (Å²) in [6.07, 6.45) is 0.941. The second-order valence-electron chi connectivity index (χ2n) is 7.79. The Morgan fingerprint density at radius 3 is 2.65 bits per heavy atom. The molecule has 1 heterocycles. The highest BCUT2D eigenvalue weighted by molar-refractivity contribution is 5.78. The number of esters is 1. The van der Waals surface area contributed by atoms with Gasteiger partial charge in [-0.25, -0.2) is 0 Å². The molecule has 2 aromatic carbocycles. The molecule has 0 aliphatic carbocycles. The van der Waals surface area contributed by atoms with Gasteiger partial charge in [0.15, 0.2) is 0 Å². The topological polar surface area (TPSA) is 41.6 Å². The first-order valence-corrected chi connectivity index (χ1v) is 9.30. The Morgan fingerprint density at radius 2 is 1.92 bits per heavy atom. The van der Waals surface area contributed by atoms with E-state index in [-0.39, 0.29) is 5.97 Å². The van der Waals surface area contributed by atoms with Gasteiger partial charge in [0.25, 0.3) is 0 Å². The van der Waals surface area contributed by atoms with Crippen LogP contribution in [-0.2, 0) is 17.8 Å². The fraction of sp³-hybridized carbons (Fsp3) is 0.409. The van der Waals surface area contributed by atoms with E-state index in [1.807, 2.05) is 32.9 Å². The number of nitrogens with one attached hydrogen (secondary N) is 1. The molecule has 0 spiro atoms. The molecular weight excluding hydrogens is 324 g/mol. The van der Waals surface area contributed by atoms with Crippen molar-refractivity contribution in [1.82, 2.24) is 0 Å². The quantitative estimate of drug-likeness (QED) is 0.643. The molecule has 138 valence electrons. The average molecular weight is 352 g/mol. The van der Waals surface area contributed by atoms with Gasteiger partial charge >= 0.3 is 5.97 Å². The molecule has 0 saturated heterocycles. The van der Waals surface area contributed by atoms with Crippen molar-refractivity contribution in [2.45, 2.75) is 40.7 Å². The van der Waals surface area contributed by atoms with Crippen molar-refractivity contribution in [3.63, 3.8) is 0 Å². The van der Waals surface area contributed by atoms with Gasteiger partial charge in [-0.3, -0.25) is 4.79 Å². The van der Waals surface area contributed by atoms with Gasteiger partial charge in [-0.05, 0) is 69.5 Å². The predicted molar refractivity (Wildman–Crippen MR) is 107 cm³/mol. The smallest absolute Gasteiger partial charge is 0.316 e. The lowest BCUT2D eigenvalue weighted by Gasteiger charge is -2.32. The summed E-state index contributed by atoms with van der Waals surface area (Å²) in [5.41, 5.74) is 4.47. The number of anilines is 2. The van der Waals surface area contributed by atoms with Crippen LogP contribution in [0.4, 0.5) is 11.4 Å². The minimum absolute atomic E-state index is 0.200. The zero-order valence-corrected chi connectivity index (χ0v) is 16.1. The van der Waals surface area contributed by atoms with E-state index < -0.39 is 5.41 Å². The lowest BCUT2D eigenvalue weighted by Crippen LogP contribution is -2.31. The molecule has 0 amide bonds. The summed E-state index contributed by atoms with van der Waals surface area (Å²) < 4.78 is 5.54. The molecule has 0 radical (unpaired) electrons. The van der Waals surface area contributed by atoms with Crippen LogP contribution in [0.5, 0.6) is 5.75 Å². The summed E-state index contributed by atoms with van der Waals surface area (Å²) in [5.74, 6) is 0.444. The van der Waals surface area contributed by atoms with Crippen molar-refractivity contribution in [1.29, 1.82) is 0 Å². The molecule has 1 N–H and O–H groups in total. The molecule has 3 rings (SSSR count). The van der Waals surface area contributed by atoms with Crippen LogP contribution in [0.3, 0.4) is 0 Å². The minimum Gasteiger partial charge on any atom is -0.426 e. The fourth-order valence-corrected chi connectivity index (χ4v) is 3.15. The number of benzene rings is 2. The van der Waals surface area contributed by atoms with Crippen LogP contribution in [-0.4, -0.2) is 19.1 Å². The van der Waals surface area contributed by atoms with Gasteiger partial charge in [0.2, 0.25) is 0 Å². The summed E-state index contributed by atoms with van der Waals surface area (Å²) in [7, 11) is 0. The van der Waals surface area contributed by atoms with Crippen molar-refractivity contribution < 1.29 is 9.53 Å². The number of ether oxygens (including phenoxy) is 1. The summed E-state index contributed by atoms with van der Waals surface area (Å²) in [6, 6.07) is 14.5. The number of nitrogens with zero attached hydrogens (tertiary/aromatic N) is 1. The second kappa shape index (κ2) is 7.40. The normalized spacial score (nSPS) is 13.9. The molecular formula is C22H28N2O2. The van der Waals surface area contributed by atoms with Crippen LogP contribution >= 0.6 is 0 Å². The van der Waals surface area contributed by atoms with Crippen LogP contribution in [0.2, 0.25) is 0 Å². The average Bonchev–Trinajstić information content (AvgIpc) is 2.61. The van der Waals surface area contributed by atoms with E-state index in [1.54, 1.807) is 0 Å². The number of carbonyl (C=O) groups excluding carboxylic acids is 1. The van der Waals surface area contributed by atoms with Crippen molar-refractivity contribution in [3.8, 4) is 5.75 Å². The molecule has 4 heteroatoms. The molecule has 2 aromatic rings. The molecule has 0 fully saturated rings. The predicted octanol–water partition coefficient (Wildman–Crippen LogP) is 4.63. The Morgan fingerprint density at radius 1 is 1.15 bits per heavy atom. The van der Waals surface area contributed by atoms with Gasteiger partial charge in [-0.2, -0.15) is 0 Å². The van der Waals surface area contributed by atoms with Gasteiger partial charge in [0, 0.05) is 19.6 Å².